The minimum Gasteiger partial charge on any atom is -0.481 e. The zero-order valence-corrected chi connectivity index (χ0v) is 38.6. The third-order valence-electron chi connectivity index (χ3n) is 9.81. The molecule has 0 radical (unpaired) electrons. The smallest absolute Gasteiger partial charge is 0.426 e. The van der Waals surface area contributed by atoms with Crippen molar-refractivity contribution in [1.82, 2.24) is 41.9 Å². The molecule has 24 heteroatoms. The van der Waals surface area contributed by atoms with Crippen LogP contribution in [0, 0.1) is 5.92 Å². The molecule has 2 aromatic rings. The van der Waals surface area contributed by atoms with Gasteiger partial charge in [0.1, 0.15) is 29.5 Å². The lowest BCUT2D eigenvalue weighted by Gasteiger charge is -2.32. The summed E-state index contributed by atoms with van der Waals surface area (Å²) in [7, 11) is 1.37. The van der Waals surface area contributed by atoms with Gasteiger partial charge in [0.15, 0.2) is 5.96 Å². The number of hydrogen-bond donors (Lipinski definition) is 11. The number of guanidine groups is 1. The van der Waals surface area contributed by atoms with Gasteiger partial charge in [-0.15, -0.1) is 0 Å². The molecule has 0 fully saturated rings. The third kappa shape index (κ3) is 19.2. The molecule has 366 valence electrons. The Kier molecular flexibility index (Phi) is 20.7. The van der Waals surface area contributed by atoms with E-state index in [1.807, 2.05) is 0 Å². The summed E-state index contributed by atoms with van der Waals surface area (Å²) in [6.45, 7) is 8.08. The maximum Gasteiger partial charge on any atom is 0.426 e. The molecule has 0 unspecified atom stereocenters. The Labute approximate surface area is 387 Å². The number of pyridine rings is 1. The van der Waals surface area contributed by atoms with Crippen molar-refractivity contribution < 1.29 is 53.0 Å². The van der Waals surface area contributed by atoms with Crippen LogP contribution in [0.5, 0.6) is 0 Å². The van der Waals surface area contributed by atoms with E-state index in [0.717, 1.165) is 4.90 Å². The van der Waals surface area contributed by atoms with Crippen LogP contribution in [-0.4, -0.2) is 125 Å². The number of carbonyl (C=O) groups excluding carboxylic acids is 8. The minimum atomic E-state index is -1.56. The van der Waals surface area contributed by atoms with Crippen LogP contribution in [0.15, 0.2) is 41.5 Å². The Morgan fingerprint density at radius 1 is 0.955 bits per heavy atom. The van der Waals surface area contributed by atoms with Crippen molar-refractivity contribution in [3.8, 4) is 0 Å². The van der Waals surface area contributed by atoms with Crippen molar-refractivity contribution in [3.05, 3.63) is 53.2 Å². The fourth-order valence-corrected chi connectivity index (χ4v) is 6.46. The fraction of sp³-hybridized carbons (Fsp3) is 0.512. The van der Waals surface area contributed by atoms with E-state index >= 15 is 0 Å². The number of likely N-dealkylation sites (N-methyl/N-ethyl adjacent to an activating group) is 1. The number of rotatable bonds is 17. The number of amides is 8. The summed E-state index contributed by atoms with van der Waals surface area (Å²) in [6, 6.07) is 3.47. The Bertz CT molecular complexity index is 2140. The van der Waals surface area contributed by atoms with Gasteiger partial charge in [-0.25, -0.2) is 15.2 Å². The van der Waals surface area contributed by atoms with E-state index in [4.69, 9.17) is 16.2 Å². The van der Waals surface area contributed by atoms with Crippen molar-refractivity contribution >= 4 is 70.9 Å². The first-order valence-electron chi connectivity index (χ1n) is 21.7. The van der Waals surface area contributed by atoms with Crippen LogP contribution < -0.4 is 54.2 Å². The number of carboxylic acid groups (broad SMARTS) is 1. The van der Waals surface area contributed by atoms with Gasteiger partial charge in [0.25, 0.3) is 11.8 Å². The average Bonchev–Trinajstić information content (AvgIpc) is 3.25. The normalized spacial score (nSPS) is 17.3. The number of aliphatic imine (C=N–C) groups is 1. The molecule has 1 aliphatic heterocycles. The van der Waals surface area contributed by atoms with Gasteiger partial charge in [0.2, 0.25) is 29.5 Å². The van der Waals surface area contributed by atoms with Gasteiger partial charge < -0.3 is 58.1 Å². The highest BCUT2D eigenvalue weighted by molar-refractivity contribution is 6.01. The van der Waals surface area contributed by atoms with Crippen molar-refractivity contribution in [1.29, 1.82) is 0 Å². The number of nitrogens with two attached hydrogens (primary N) is 2. The van der Waals surface area contributed by atoms with Gasteiger partial charge >= 0.3 is 12.1 Å². The molecule has 1 aromatic heterocycles. The Morgan fingerprint density at radius 3 is 2.31 bits per heavy atom. The van der Waals surface area contributed by atoms with E-state index in [2.05, 4.69) is 52.7 Å². The highest BCUT2D eigenvalue weighted by Crippen LogP contribution is 2.19. The lowest BCUT2D eigenvalue weighted by molar-refractivity contribution is -0.142. The topological polar surface area (TPSA) is 360 Å². The second-order valence-corrected chi connectivity index (χ2v) is 17.0. The highest BCUT2D eigenvalue weighted by atomic mass is 16.6. The van der Waals surface area contributed by atoms with Crippen LogP contribution in [0.3, 0.4) is 0 Å². The quantitative estimate of drug-likeness (QED) is 0.0437. The zero-order chi connectivity index (χ0) is 49.8. The van der Waals surface area contributed by atoms with Crippen LogP contribution in [0.2, 0.25) is 0 Å². The highest BCUT2D eigenvalue weighted by Gasteiger charge is 2.34. The monoisotopic (exact) mass is 937 g/mol. The molecule has 24 nitrogen and oxygen atoms in total. The van der Waals surface area contributed by atoms with E-state index in [0.29, 0.717) is 31.4 Å². The number of carbonyl (C=O) groups is 9. The number of benzene rings is 1. The molecule has 1 aromatic carbocycles. The number of aliphatic carboxylic acids is 1. The largest absolute Gasteiger partial charge is 0.481 e. The van der Waals surface area contributed by atoms with Gasteiger partial charge in [0.05, 0.1) is 18.5 Å². The summed E-state index contributed by atoms with van der Waals surface area (Å²) in [4.78, 5) is 126. The van der Waals surface area contributed by atoms with Gasteiger partial charge in [-0.05, 0) is 88.3 Å². The van der Waals surface area contributed by atoms with Crippen molar-refractivity contribution in [2.24, 2.45) is 22.4 Å². The van der Waals surface area contributed by atoms with E-state index in [1.54, 1.807) is 34.6 Å². The van der Waals surface area contributed by atoms with Crippen LogP contribution in [0.25, 0.3) is 0 Å². The molecule has 8 amide bonds. The SMILES string of the molecule is CC(C)[C@H]1NC(=O)c2cc(cc(NC(=O)CCCCCNC(=O)c3ccc(NNC(=O)OC(C)(C)C)nc3)c2)CNC(=O)[C@H](CC(=O)O)NC(=O)CNC(=O)[C@H](CCCN=C(N)N)N(C)C1=O. The molecule has 1 aliphatic rings. The van der Waals surface area contributed by atoms with Crippen molar-refractivity contribution in [2.75, 3.05) is 37.4 Å². The number of fused-ring (bicyclic) bond motifs is 2. The predicted octanol–water partition coefficient (Wildman–Crippen LogP) is 0.203. The number of nitrogens with one attached hydrogen (secondary N) is 8. The molecule has 0 spiro atoms. The maximum absolute atomic E-state index is 14.0. The lowest BCUT2D eigenvalue weighted by atomic mass is 9.99. The van der Waals surface area contributed by atoms with Crippen LogP contribution >= 0.6 is 0 Å². The summed E-state index contributed by atoms with van der Waals surface area (Å²) < 4.78 is 5.14. The fourth-order valence-electron chi connectivity index (χ4n) is 6.46. The molecule has 2 bridgehead atoms. The van der Waals surface area contributed by atoms with Crippen LogP contribution in [-0.2, 0) is 40.0 Å². The number of unbranched alkanes of at least 4 members (excludes halogenated alkanes) is 2. The van der Waals surface area contributed by atoms with Crippen LogP contribution in [0.4, 0.5) is 16.3 Å². The summed E-state index contributed by atoms with van der Waals surface area (Å²) in [5, 5.41) is 25.1. The Morgan fingerprint density at radius 2 is 1.67 bits per heavy atom. The van der Waals surface area contributed by atoms with Gasteiger partial charge in [0, 0.05) is 50.6 Å². The number of anilines is 2. The molecule has 2 heterocycles. The molecular weight excluding hydrogens is 875 g/mol. The summed E-state index contributed by atoms with van der Waals surface area (Å²) in [5.74, 6) is -6.37. The first-order valence-corrected chi connectivity index (χ1v) is 21.7. The van der Waals surface area contributed by atoms with Gasteiger partial charge in [-0.3, -0.25) is 48.8 Å². The van der Waals surface area contributed by atoms with Gasteiger partial charge in [-0.2, -0.15) is 0 Å². The zero-order valence-electron chi connectivity index (χ0n) is 38.6. The summed E-state index contributed by atoms with van der Waals surface area (Å²) in [6.07, 6.45) is 1.75. The number of ether oxygens (including phenoxy) is 1. The third-order valence-corrected chi connectivity index (χ3v) is 9.81. The van der Waals surface area contributed by atoms with Crippen molar-refractivity contribution in [2.45, 2.75) is 110 Å². The molecule has 0 saturated heterocycles. The number of aromatic nitrogens is 1. The van der Waals surface area contributed by atoms with E-state index < -0.39 is 90.1 Å². The number of nitrogens with zero attached hydrogens (tertiary/aromatic N) is 3. The minimum absolute atomic E-state index is 0.000459. The second-order valence-electron chi connectivity index (χ2n) is 17.0. The Balaban J connectivity index is 1.72. The standard InChI is InChI=1S/C43H63N13O11/c1-24(2)35-40(65)56(6)30(11-10-16-47-41(44)45)39(64)50-23-33(58)52-29(20-34(59)60)38(63)49-21-25-17-27(37(62)53-35)19-28(18-25)51-32(57)12-8-7-9-15-46-36(61)26-13-14-31(48-22-26)54-55-42(66)67-43(3,4)5/h13-14,17-19,22,24,29-30,35H,7-12,15-16,20-21,23H2,1-6H3,(H,46,61)(H,48,54)(H,49,63)(H,50,64)(H,51,57)(H,52,58)(H,53,62)(H,55,66)(H,59,60)(H4,44,45,47)/t29-,30-,35+/m0/s1. The first kappa shape index (κ1) is 53.8. The number of hydrazine groups is 1. The summed E-state index contributed by atoms with van der Waals surface area (Å²) >= 11 is 0. The van der Waals surface area contributed by atoms with Gasteiger partial charge in [-0.1, -0.05) is 20.3 Å². The molecule has 0 aliphatic carbocycles. The molecule has 3 rings (SSSR count). The second kappa shape index (κ2) is 25.8. The molecule has 3 atom stereocenters. The lowest BCUT2D eigenvalue weighted by Crippen LogP contribution is -2.57. The average molecular weight is 938 g/mol. The first-order chi connectivity index (χ1) is 31.5. The molecule has 67 heavy (non-hydrogen) atoms. The van der Waals surface area contributed by atoms with E-state index in [1.165, 1.54) is 43.6 Å². The Hall–Kier alpha value is -7.53. The molecular formula is C43H63N13O11. The number of carboxylic acids is 1. The van der Waals surface area contributed by atoms with E-state index in [9.17, 15) is 48.3 Å². The number of hydrogen-bond acceptors (Lipinski definition) is 13. The predicted molar refractivity (Wildman–Crippen MR) is 245 cm³/mol. The molecule has 13 N–H and O–H groups in total. The maximum atomic E-state index is 14.0. The van der Waals surface area contributed by atoms with Crippen LogP contribution in [0.1, 0.15) is 106 Å². The van der Waals surface area contributed by atoms with E-state index in [-0.39, 0.29) is 66.9 Å². The molecule has 0 saturated carbocycles. The van der Waals surface area contributed by atoms with Crippen molar-refractivity contribution in [3.63, 3.8) is 0 Å². The summed E-state index contributed by atoms with van der Waals surface area (Å²) in [5.41, 5.74) is 15.9.